The molecule has 1 aromatic carbocycles. The zero-order valence-electron chi connectivity index (χ0n) is 13.8. The van der Waals surface area contributed by atoms with Crippen molar-refractivity contribution >= 4 is 12.1 Å². The summed E-state index contributed by atoms with van der Waals surface area (Å²) in [5, 5.41) is 0. The van der Waals surface area contributed by atoms with Gasteiger partial charge < -0.3 is 14.2 Å². The number of morpholine rings is 1. The van der Waals surface area contributed by atoms with Crippen molar-refractivity contribution in [1.82, 2.24) is 4.90 Å². The molecule has 1 fully saturated rings. The molecule has 0 bridgehead atoms. The SMILES string of the molecule is CC(C)(C)OC(=O)N1CCOC[C@@H]1C(=O)OCc1ccccc1. The lowest BCUT2D eigenvalue weighted by Gasteiger charge is -2.35. The minimum atomic E-state index is -0.776. The van der Waals surface area contributed by atoms with Gasteiger partial charge in [0.1, 0.15) is 12.2 Å². The Hall–Kier alpha value is -2.08. The molecule has 23 heavy (non-hydrogen) atoms. The van der Waals surface area contributed by atoms with Crippen molar-refractivity contribution in [3.63, 3.8) is 0 Å². The largest absolute Gasteiger partial charge is 0.459 e. The molecule has 1 aliphatic rings. The van der Waals surface area contributed by atoms with Gasteiger partial charge in [0.05, 0.1) is 13.2 Å². The molecule has 0 aromatic heterocycles. The monoisotopic (exact) mass is 321 g/mol. The highest BCUT2D eigenvalue weighted by molar-refractivity contribution is 5.82. The number of hydrogen-bond acceptors (Lipinski definition) is 5. The molecule has 2 rings (SSSR count). The van der Waals surface area contributed by atoms with E-state index in [0.29, 0.717) is 13.2 Å². The summed E-state index contributed by atoms with van der Waals surface area (Å²) in [6, 6.07) is 8.61. The van der Waals surface area contributed by atoms with Crippen LogP contribution >= 0.6 is 0 Å². The Morgan fingerprint density at radius 1 is 1.26 bits per heavy atom. The molecule has 0 aliphatic carbocycles. The highest BCUT2D eigenvalue weighted by Gasteiger charge is 2.36. The maximum atomic E-state index is 12.3. The summed E-state index contributed by atoms with van der Waals surface area (Å²) in [5.41, 5.74) is 0.273. The van der Waals surface area contributed by atoms with Gasteiger partial charge in [-0.25, -0.2) is 9.59 Å². The van der Waals surface area contributed by atoms with Crippen LogP contribution in [0.5, 0.6) is 0 Å². The van der Waals surface area contributed by atoms with E-state index in [1.807, 2.05) is 30.3 Å². The van der Waals surface area contributed by atoms with Crippen LogP contribution in [0.4, 0.5) is 4.79 Å². The molecule has 1 atom stereocenters. The maximum Gasteiger partial charge on any atom is 0.411 e. The molecule has 0 N–H and O–H groups in total. The van der Waals surface area contributed by atoms with Crippen LogP contribution in [0.2, 0.25) is 0 Å². The van der Waals surface area contributed by atoms with Crippen LogP contribution in [0, 0.1) is 0 Å². The van der Waals surface area contributed by atoms with Gasteiger partial charge in [0, 0.05) is 6.54 Å². The van der Waals surface area contributed by atoms with E-state index in [-0.39, 0.29) is 13.2 Å². The van der Waals surface area contributed by atoms with Gasteiger partial charge in [0.25, 0.3) is 0 Å². The number of hydrogen-bond donors (Lipinski definition) is 0. The Morgan fingerprint density at radius 3 is 2.61 bits per heavy atom. The van der Waals surface area contributed by atoms with Crippen molar-refractivity contribution in [2.75, 3.05) is 19.8 Å². The van der Waals surface area contributed by atoms with Gasteiger partial charge in [0.2, 0.25) is 0 Å². The molecule has 0 spiro atoms. The Kier molecular flexibility index (Phi) is 5.60. The standard InChI is InChI=1S/C17H23NO5/c1-17(2,3)23-16(20)18-9-10-21-12-14(18)15(19)22-11-13-7-5-4-6-8-13/h4-8,14H,9-12H2,1-3H3/t14-/m1/s1. The van der Waals surface area contributed by atoms with E-state index in [0.717, 1.165) is 5.56 Å². The normalized spacial score (nSPS) is 18.4. The van der Waals surface area contributed by atoms with Gasteiger partial charge in [-0.05, 0) is 26.3 Å². The molecule has 0 unspecified atom stereocenters. The van der Waals surface area contributed by atoms with Crippen LogP contribution in [0.1, 0.15) is 26.3 Å². The molecule has 1 saturated heterocycles. The zero-order chi connectivity index (χ0) is 16.9. The third-order valence-corrected chi connectivity index (χ3v) is 3.25. The third kappa shape index (κ3) is 5.25. The van der Waals surface area contributed by atoms with E-state index < -0.39 is 23.7 Å². The number of amides is 1. The summed E-state index contributed by atoms with van der Waals surface area (Å²) in [6.07, 6.45) is -0.525. The predicted molar refractivity (Wildman–Crippen MR) is 83.8 cm³/mol. The minimum Gasteiger partial charge on any atom is -0.459 e. The summed E-state index contributed by atoms with van der Waals surface area (Å²) < 4.78 is 16.0. The Bertz CT molecular complexity index is 538. The fourth-order valence-electron chi connectivity index (χ4n) is 2.16. The van der Waals surface area contributed by atoms with Crippen LogP contribution in [0.15, 0.2) is 30.3 Å². The highest BCUT2D eigenvalue weighted by atomic mass is 16.6. The molecule has 6 nitrogen and oxygen atoms in total. The van der Waals surface area contributed by atoms with E-state index in [9.17, 15) is 9.59 Å². The van der Waals surface area contributed by atoms with Crippen molar-refractivity contribution in [3.8, 4) is 0 Å². The van der Waals surface area contributed by atoms with Gasteiger partial charge in [-0.15, -0.1) is 0 Å². The minimum absolute atomic E-state index is 0.118. The fourth-order valence-corrected chi connectivity index (χ4v) is 2.16. The first kappa shape index (κ1) is 17.3. The molecule has 0 saturated carbocycles. The van der Waals surface area contributed by atoms with E-state index in [4.69, 9.17) is 14.2 Å². The number of carbonyl (C=O) groups excluding carboxylic acids is 2. The number of benzene rings is 1. The fraction of sp³-hybridized carbons (Fsp3) is 0.529. The molecule has 1 amide bonds. The molecule has 1 heterocycles. The van der Waals surface area contributed by atoms with E-state index in [2.05, 4.69) is 0 Å². The van der Waals surface area contributed by atoms with E-state index in [1.165, 1.54) is 4.90 Å². The molecular weight excluding hydrogens is 298 g/mol. The highest BCUT2D eigenvalue weighted by Crippen LogP contribution is 2.16. The van der Waals surface area contributed by atoms with Crippen LogP contribution < -0.4 is 0 Å². The Labute approximate surface area is 136 Å². The molecule has 126 valence electrons. The summed E-state index contributed by atoms with van der Waals surface area (Å²) in [5.74, 6) is -0.487. The van der Waals surface area contributed by atoms with Crippen molar-refractivity contribution in [2.24, 2.45) is 0 Å². The Morgan fingerprint density at radius 2 is 1.96 bits per heavy atom. The molecule has 1 aromatic rings. The topological polar surface area (TPSA) is 65.1 Å². The number of ether oxygens (including phenoxy) is 3. The quantitative estimate of drug-likeness (QED) is 0.800. The summed E-state index contributed by atoms with van der Waals surface area (Å²) in [7, 11) is 0. The van der Waals surface area contributed by atoms with E-state index in [1.54, 1.807) is 20.8 Å². The molecular formula is C17H23NO5. The second-order valence-corrected chi connectivity index (χ2v) is 6.36. The first-order valence-corrected chi connectivity index (χ1v) is 7.65. The predicted octanol–water partition coefficient (Wildman–Crippen LogP) is 2.37. The first-order valence-electron chi connectivity index (χ1n) is 7.65. The zero-order valence-corrected chi connectivity index (χ0v) is 13.8. The van der Waals surface area contributed by atoms with Crippen LogP contribution in [-0.2, 0) is 25.6 Å². The second kappa shape index (κ2) is 7.46. The van der Waals surface area contributed by atoms with Crippen molar-refractivity contribution in [2.45, 2.75) is 39.0 Å². The lowest BCUT2D eigenvalue weighted by atomic mass is 10.2. The second-order valence-electron chi connectivity index (χ2n) is 6.36. The number of nitrogens with zero attached hydrogens (tertiary/aromatic N) is 1. The van der Waals surface area contributed by atoms with Gasteiger partial charge in [-0.2, -0.15) is 0 Å². The summed E-state index contributed by atoms with van der Waals surface area (Å²) in [4.78, 5) is 25.9. The molecule has 1 aliphatic heterocycles. The van der Waals surface area contributed by atoms with Crippen LogP contribution in [-0.4, -0.2) is 48.4 Å². The summed E-state index contributed by atoms with van der Waals surface area (Å²) in [6.45, 7) is 6.32. The first-order chi connectivity index (χ1) is 10.9. The number of carbonyl (C=O) groups is 2. The van der Waals surface area contributed by atoms with Crippen molar-refractivity contribution < 1.29 is 23.8 Å². The smallest absolute Gasteiger partial charge is 0.411 e. The van der Waals surface area contributed by atoms with Gasteiger partial charge in [-0.1, -0.05) is 30.3 Å². The summed E-state index contributed by atoms with van der Waals surface area (Å²) >= 11 is 0. The van der Waals surface area contributed by atoms with Gasteiger partial charge in [0.15, 0.2) is 6.04 Å². The van der Waals surface area contributed by atoms with Crippen molar-refractivity contribution in [1.29, 1.82) is 0 Å². The number of esters is 1. The molecule has 0 radical (unpaired) electrons. The maximum absolute atomic E-state index is 12.3. The number of rotatable bonds is 3. The van der Waals surface area contributed by atoms with Crippen LogP contribution in [0.3, 0.4) is 0 Å². The lowest BCUT2D eigenvalue weighted by molar-refractivity contribution is -0.157. The van der Waals surface area contributed by atoms with E-state index >= 15 is 0 Å². The van der Waals surface area contributed by atoms with Crippen LogP contribution in [0.25, 0.3) is 0 Å². The molecule has 6 heteroatoms. The Balaban J connectivity index is 1.97. The third-order valence-electron chi connectivity index (χ3n) is 3.25. The average Bonchev–Trinajstić information content (AvgIpc) is 2.52. The average molecular weight is 321 g/mol. The lowest BCUT2D eigenvalue weighted by Crippen LogP contribution is -2.54. The van der Waals surface area contributed by atoms with Gasteiger partial charge >= 0.3 is 12.1 Å². The van der Waals surface area contributed by atoms with Gasteiger partial charge in [-0.3, -0.25) is 4.90 Å². The van der Waals surface area contributed by atoms with Crippen molar-refractivity contribution in [3.05, 3.63) is 35.9 Å².